The van der Waals surface area contributed by atoms with Crippen molar-refractivity contribution < 1.29 is 14.3 Å². The summed E-state index contributed by atoms with van der Waals surface area (Å²) < 4.78 is 11.7. The van der Waals surface area contributed by atoms with Crippen molar-refractivity contribution in [3.8, 4) is 22.9 Å². The zero-order chi connectivity index (χ0) is 25.5. The lowest BCUT2D eigenvalue weighted by molar-refractivity contribution is -0.144. The molecule has 6 heterocycles. The van der Waals surface area contributed by atoms with Crippen molar-refractivity contribution in [1.82, 2.24) is 30.0 Å². The third-order valence-corrected chi connectivity index (χ3v) is 7.98. The molecule has 38 heavy (non-hydrogen) atoms. The van der Waals surface area contributed by atoms with Crippen molar-refractivity contribution in [3.05, 3.63) is 66.6 Å². The minimum Gasteiger partial charge on any atom is -0.439 e. The number of hydrogen-bond donors (Lipinski definition) is 1. The third-order valence-electron chi connectivity index (χ3n) is 7.98. The van der Waals surface area contributed by atoms with Crippen LogP contribution >= 0.6 is 0 Å². The molecule has 0 aliphatic carbocycles. The van der Waals surface area contributed by atoms with Gasteiger partial charge in [0.05, 0.1) is 16.9 Å². The predicted molar refractivity (Wildman–Crippen MR) is 142 cm³/mol. The maximum atomic E-state index is 12.9. The van der Waals surface area contributed by atoms with Gasteiger partial charge in [-0.25, -0.2) is 4.98 Å². The molecule has 7 rings (SSSR count). The van der Waals surface area contributed by atoms with E-state index in [9.17, 15) is 4.79 Å². The molecule has 194 valence electrons. The van der Waals surface area contributed by atoms with E-state index in [1.807, 2.05) is 41.3 Å². The number of rotatable bonds is 6. The van der Waals surface area contributed by atoms with Gasteiger partial charge < -0.3 is 14.4 Å². The van der Waals surface area contributed by atoms with Crippen LogP contribution in [0, 0.1) is 0 Å². The fourth-order valence-electron chi connectivity index (χ4n) is 6.03. The second-order valence-corrected chi connectivity index (χ2v) is 10.4. The van der Waals surface area contributed by atoms with Crippen molar-refractivity contribution in [2.45, 2.75) is 50.4 Å². The summed E-state index contributed by atoms with van der Waals surface area (Å²) >= 11 is 0. The minimum absolute atomic E-state index is 0.185. The minimum atomic E-state index is -0.228. The molecule has 3 saturated heterocycles. The van der Waals surface area contributed by atoms with E-state index in [-0.39, 0.29) is 12.0 Å². The van der Waals surface area contributed by atoms with E-state index in [0.29, 0.717) is 24.6 Å². The van der Waals surface area contributed by atoms with Gasteiger partial charge >= 0.3 is 0 Å². The van der Waals surface area contributed by atoms with Crippen LogP contribution in [-0.2, 0) is 16.1 Å². The van der Waals surface area contributed by atoms with Crippen molar-refractivity contribution in [3.63, 3.8) is 0 Å². The fourth-order valence-corrected chi connectivity index (χ4v) is 6.03. The smallest absolute Gasteiger partial charge is 0.251 e. The van der Waals surface area contributed by atoms with Gasteiger partial charge in [-0.05, 0) is 62.1 Å². The first-order valence-corrected chi connectivity index (χ1v) is 13.4. The van der Waals surface area contributed by atoms with Gasteiger partial charge in [0.25, 0.3) is 5.91 Å². The Kier molecular flexibility index (Phi) is 6.02. The number of ether oxygens (including phenoxy) is 2. The second kappa shape index (κ2) is 9.81. The van der Waals surface area contributed by atoms with Gasteiger partial charge in [-0.3, -0.25) is 19.8 Å². The number of aromatic nitrogens is 4. The highest BCUT2D eigenvalue weighted by Gasteiger charge is 2.43. The molecule has 3 fully saturated rings. The van der Waals surface area contributed by atoms with Crippen LogP contribution in [0.1, 0.15) is 31.4 Å². The Balaban J connectivity index is 1.01. The number of piperazine rings is 1. The fraction of sp³-hybridized carbons (Fsp3) is 0.379. The average molecular weight is 511 g/mol. The number of nitrogens with one attached hydrogen (secondary N) is 1. The second-order valence-electron chi connectivity index (χ2n) is 10.4. The lowest BCUT2D eigenvalue weighted by atomic mass is 10.1. The van der Waals surface area contributed by atoms with Crippen LogP contribution < -0.4 is 4.74 Å². The van der Waals surface area contributed by atoms with Crippen molar-refractivity contribution >= 4 is 16.8 Å². The van der Waals surface area contributed by atoms with Crippen LogP contribution in [0.3, 0.4) is 0 Å². The number of carbonyl (C=O) groups excluding carboxylic acids is 1. The number of aromatic amines is 1. The summed E-state index contributed by atoms with van der Waals surface area (Å²) in [6.07, 6.45) is 7.36. The average Bonchev–Trinajstić information content (AvgIpc) is 3.71. The topological polar surface area (TPSA) is 96.5 Å². The number of benzene rings is 1. The van der Waals surface area contributed by atoms with Gasteiger partial charge in [-0.1, -0.05) is 6.07 Å². The molecule has 3 atom stereocenters. The molecule has 9 heteroatoms. The maximum absolute atomic E-state index is 12.9. The molecule has 0 spiro atoms. The number of likely N-dealkylation sites (tertiary alicyclic amines) is 1. The largest absolute Gasteiger partial charge is 0.439 e. The predicted octanol–water partition coefficient (Wildman–Crippen LogP) is 4.17. The zero-order valence-electron chi connectivity index (χ0n) is 21.1. The summed E-state index contributed by atoms with van der Waals surface area (Å²) in [4.78, 5) is 26.9. The summed E-state index contributed by atoms with van der Waals surface area (Å²) in [5.74, 6) is 1.44. The van der Waals surface area contributed by atoms with Gasteiger partial charge in [0.2, 0.25) is 5.88 Å². The quantitative estimate of drug-likeness (QED) is 0.416. The number of hydrogen-bond acceptors (Lipinski definition) is 7. The van der Waals surface area contributed by atoms with Crippen LogP contribution in [0.4, 0.5) is 0 Å². The molecule has 3 aliphatic heterocycles. The number of H-pyrrole nitrogens is 1. The third kappa shape index (κ3) is 4.52. The molecule has 1 amide bonds. The monoisotopic (exact) mass is 510 g/mol. The normalized spacial score (nSPS) is 23.3. The Labute approximate surface area is 220 Å². The van der Waals surface area contributed by atoms with Crippen LogP contribution in [0.15, 0.2) is 60.9 Å². The highest BCUT2D eigenvalue weighted by molar-refractivity contribution is 5.81. The number of carbonyl (C=O) groups is 1. The van der Waals surface area contributed by atoms with Gasteiger partial charge in [-0.15, -0.1) is 0 Å². The Morgan fingerprint density at radius 1 is 1.05 bits per heavy atom. The van der Waals surface area contributed by atoms with Crippen molar-refractivity contribution in [2.75, 3.05) is 19.7 Å². The molecule has 3 aromatic heterocycles. The first-order chi connectivity index (χ1) is 18.7. The summed E-state index contributed by atoms with van der Waals surface area (Å²) in [6.45, 7) is 3.10. The highest BCUT2D eigenvalue weighted by Crippen LogP contribution is 2.33. The molecule has 3 aliphatic rings. The van der Waals surface area contributed by atoms with Crippen LogP contribution in [0.5, 0.6) is 11.6 Å². The summed E-state index contributed by atoms with van der Waals surface area (Å²) in [5.41, 5.74) is 3.86. The Bertz CT molecular complexity index is 1420. The number of amides is 1. The lowest BCUT2D eigenvalue weighted by Crippen LogP contribution is -2.56. The summed E-state index contributed by atoms with van der Waals surface area (Å²) in [5, 5.41) is 7.94. The molecule has 0 saturated carbocycles. The molecule has 2 bridgehead atoms. The number of fused-ring (bicyclic) bond motifs is 3. The molecular weight excluding hydrogens is 480 g/mol. The van der Waals surface area contributed by atoms with E-state index in [1.54, 1.807) is 12.4 Å². The molecule has 9 nitrogen and oxygen atoms in total. The first-order valence-electron chi connectivity index (χ1n) is 13.4. The van der Waals surface area contributed by atoms with Crippen molar-refractivity contribution in [2.24, 2.45) is 0 Å². The highest BCUT2D eigenvalue weighted by atomic mass is 16.5. The van der Waals surface area contributed by atoms with Crippen LogP contribution in [0.2, 0.25) is 0 Å². The summed E-state index contributed by atoms with van der Waals surface area (Å²) in [6, 6.07) is 16.6. The van der Waals surface area contributed by atoms with E-state index in [0.717, 1.165) is 78.9 Å². The van der Waals surface area contributed by atoms with Gasteiger partial charge in [-0.2, -0.15) is 5.10 Å². The van der Waals surface area contributed by atoms with Gasteiger partial charge in [0.15, 0.2) is 0 Å². The van der Waals surface area contributed by atoms with Crippen molar-refractivity contribution in [1.29, 1.82) is 0 Å². The van der Waals surface area contributed by atoms with E-state index in [1.165, 1.54) is 0 Å². The molecule has 0 radical (unpaired) electrons. The summed E-state index contributed by atoms with van der Waals surface area (Å²) in [7, 11) is 0. The SMILES string of the molecule is O=C([C@@H]1CCCO1)N1CC2CCC(C1)N2Cc1ccc2cc(Oc3ccc(-c4ccn[nH]4)cn3)ccc2n1. The van der Waals surface area contributed by atoms with E-state index >= 15 is 0 Å². The standard InChI is InChI=1S/C29H30N6O3/c36-29(27-2-1-13-37-27)34-17-22-6-7-23(18-34)35(22)16-21-5-3-19-14-24(8-9-25(19)32-21)38-28-10-4-20(15-30-28)26-11-12-31-33-26/h3-5,8-12,14-15,22-23,27H,1-2,6-7,13,16-18H2,(H,31,33)/t22?,23?,27-/m0/s1. The van der Waals surface area contributed by atoms with Gasteiger partial charge in [0.1, 0.15) is 11.9 Å². The molecule has 4 aromatic rings. The van der Waals surface area contributed by atoms with Crippen LogP contribution in [0.25, 0.3) is 22.2 Å². The maximum Gasteiger partial charge on any atom is 0.251 e. The molecule has 1 N–H and O–H groups in total. The molecule has 2 unspecified atom stereocenters. The molecule has 1 aromatic carbocycles. The Morgan fingerprint density at radius 3 is 2.68 bits per heavy atom. The Hall–Kier alpha value is -3.82. The first kappa shape index (κ1) is 23.3. The lowest BCUT2D eigenvalue weighted by Gasteiger charge is -2.41. The zero-order valence-corrected chi connectivity index (χ0v) is 21.1. The van der Waals surface area contributed by atoms with E-state index < -0.39 is 0 Å². The number of pyridine rings is 2. The van der Waals surface area contributed by atoms with Crippen LogP contribution in [-0.4, -0.2) is 73.8 Å². The van der Waals surface area contributed by atoms with Gasteiger partial charge in [0, 0.05) is 67.7 Å². The van der Waals surface area contributed by atoms with E-state index in [2.05, 4.69) is 32.2 Å². The number of nitrogens with zero attached hydrogens (tertiary/aromatic N) is 5. The Morgan fingerprint density at radius 2 is 1.95 bits per heavy atom. The molecular formula is C29H30N6O3. The van der Waals surface area contributed by atoms with E-state index in [4.69, 9.17) is 14.5 Å².